The Kier molecular flexibility index (Phi) is 4.58. The normalized spacial score (nSPS) is 11.7. The second-order valence-corrected chi connectivity index (χ2v) is 3.18. The van der Waals surface area contributed by atoms with Gasteiger partial charge in [0.15, 0.2) is 0 Å². The topological polar surface area (TPSA) is 26.0 Å². The van der Waals surface area contributed by atoms with Crippen LogP contribution in [-0.4, -0.2) is 6.54 Å². The van der Waals surface area contributed by atoms with Gasteiger partial charge in [-0.1, -0.05) is 41.9 Å². The van der Waals surface area contributed by atoms with E-state index in [0.717, 1.165) is 18.4 Å². The van der Waals surface area contributed by atoms with Crippen molar-refractivity contribution >= 4 is 11.6 Å². The Labute approximate surface area is 84.2 Å². The van der Waals surface area contributed by atoms with E-state index in [0.29, 0.717) is 6.54 Å². The predicted octanol–water partition coefficient (Wildman–Crippen LogP) is 2.70. The van der Waals surface area contributed by atoms with E-state index in [4.69, 9.17) is 17.3 Å². The highest BCUT2D eigenvalue weighted by Crippen LogP contribution is 2.08. The Morgan fingerprint density at radius 1 is 1.31 bits per heavy atom. The fourth-order valence-electron chi connectivity index (χ4n) is 1.15. The highest BCUT2D eigenvalue weighted by atomic mass is 35.5. The molecule has 1 aromatic rings. The molecule has 0 aliphatic carbocycles. The highest BCUT2D eigenvalue weighted by Gasteiger charge is 1.95. The monoisotopic (exact) mass is 195 g/mol. The van der Waals surface area contributed by atoms with E-state index >= 15 is 0 Å². The van der Waals surface area contributed by atoms with Crippen LogP contribution in [0.4, 0.5) is 0 Å². The van der Waals surface area contributed by atoms with Gasteiger partial charge in [-0.15, -0.1) is 0 Å². The lowest BCUT2D eigenvalue weighted by Gasteiger charge is -2.02. The van der Waals surface area contributed by atoms with E-state index in [1.807, 2.05) is 18.2 Å². The van der Waals surface area contributed by atoms with Crippen LogP contribution < -0.4 is 5.73 Å². The number of hydrogen-bond acceptors (Lipinski definition) is 1. The van der Waals surface area contributed by atoms with Gasteiger partial charge in [0.1, 0.15) is 0 Å². The lowest BCUT2D eigenvalue weighted by molar-refractivity contribution is 0.906. The first-order valence-electron chi connectivity index (χ1n) is 4.39. The van der Waals surface area contributed by atoms with Gasteiger partial charge in [-0.3, -0.25) is 0 Å². The summed E-state index contributed by atoms with van der Waals surface area (Å²) in [5.74, 6) is 0. The predicted molar refractivity (Wildman–Crippen MR) is 57.8 cm³/mol. The van der Waals surface area contributed by atoms with E-state index < -0.39 is 0 Å². The van der Waals surface area contributed by atoms with Gasteiger partial charge < -0.3 is 5.73 Å². The minimum atomic E-state index is 0.552. The molecule has 0 radical (unpaired) electrons. The molecule has 13 heavy (non-hydrogen) atoms. The van der Waals surface area contributed by atoms with E-state index in [2.05, 4.69) is 12.1 Å². The maximum Gasteiger partial charge on any atom is 0.0148 e. The molecule has 0 heterocycles. The molecule has 0 saturated heterocycles. The van der Waals surface area contributed by atoms with Crippen LogP contribution in [0.3, 0.4) is 0 Å². The van der Waals surface area contributed by atoms with Crippen molar-refractivity contribution in [1.82, 2.24) is 0 Å². The minimum absolute atomic E-state index is 0.552. The SMILES string of the molecule is NC/C(=C\Cl)CCc1ccccc1. The Morgan fingerprint density at radius 2 is 2.00 bits per heavy atom. The molecule has 1 rings (SSSR count). The third-order valence-corrected chi connectivity index (χ3v) is 2.30. The van der Waals surface area contributed by atoms with Crippen LogP contribution in [0.1, 0.15) is 12.0 Å². The molecule has 0 aliphatic rings. The van der Waals surface area contributed by atoms with Crippen molar-refractivity contribution in [3.05, 3.63) is 47.0 Å². The summed E-state index contributed by atoms with van der Waals surface area (Å²) in [6, 6.07) is 10.3. The van der Waals surface area contributed by atoms with Gasteiger partial charge in [-0.2, -0.15) is 0 Å². The summed E-state index contributed by atoms with van der Waals surface area (Å²) in [6.07, 6.45) is 1.96. The smallest absolute Gasteiger partial charge is 0.0148 e. The molecule has 1 aromatic carbocycles. The molecule has 0 aromatic heterocycles. The molecule has 2 N–H and O–H groups in total. The van der Waals surface area contributed by atoms with Gasteiger partial charge in [-0.25, -0.2) is 0 Å². The first-order valence-corrected chi connectivity index (χ1v) is 4.82. The third-order valence-electron chi connectivity index (χ3n) is 1.99. The third kappa shape index (κ3) is 3.62. The number of benzene rings is 1. The number of hydrogen-bond donors (Lipinski definition) is 1. The van der Waals surface area contributed by atoms with Gasteiger partial charge >= 0.3 is 0 Å². The largest absolute Gasteiger partial charge is 0.327 e. The van der Waals surface area contributed by atoms with Gasteiger partial charge in [0, 0.05) is 12.1 Å². The molecule has 0 fully saturated rings. The van der Waals surface area contributed by atoms with Crippen LogP contribution in [-0.2, 0) is 6.42 Å². The van der Waals surface area contributed by atoms with Gasteiger partial charge in [0.25, 0.3) is 0 Å². The fourth-order valence-corrected chi connectivity index (χ4v) is 1.35. The second-order valence-electron chi connectivity index (χ2n) is 2.96. The Bertz CT molecular complexity index is 267. The van der Waals surface area contributed by atoms with Gasteiger partial charge in [-0.05, 0) is 24.0 Å². The quantitative estimate of drug-likeness (QED) is 0.786. The zero-order valence-corrected chi connectivity index (χ0v) is 8.30. The lowest BCUT2D eigenvalue weighted by atomic mass is 10.1. The summed E-state index contributed by atoms with van der Waals surface area (Å²) in [5.41, 5.74) is 9.51. The molecule has 0 bridgehead atoms. The first-order chi connectivity index (χ1) is 6.36. The number of aryl methyl sites for hydroxylation is 1. The van der Waals surface area contributed by atoms with Crippen molar-refractivity contribution in [2.24, 2.45) is 5.73 Å². The maximum atomic E-state index is 5.59. The summed E-state index contributed by atoms with van der Waals surface area (Å²) in [7, 11) is 0. The van der Waals surface area contributed by atoms with Crippen LogP contribution >= 0.6 is 11.6 Å². The highest BCUT2D eigenvalue weighted by molar-refractivity contribution is 6.25. The Hall–Kier alpha value is -0.790. The maximum absolute atomic E-state index is 5.59. The summed E-state index contributed by atoms with van der Waals surface area (Å²) in [5, 5.41) is 0. The van der Waals surface area contributed by atoms with E-state index in [-0.39, 0.29) is 0 Å². The van der Waals surface area contributed by atoms with Crippen LogP contribution in [0.25, 0.3) is 0 Å². The molecule has 0 saturated carbocycles. The van der Waals surface area contributed by atoms with E-state index in [1.165, 1.54) is 5.56 Å². The minimum Gasteiger partial charge on any atom is -0.327 e. The molecular weight excluding hydrogens is 182 g/mol. The van der Waals surface area contributed by atoms with Gasteiger partial charge in [0.2, 0.25) is 0 Å². The summed E-state index contributed by atoms with van der Waals surface area (Å²) >= 11 is 5.59. The van der Waals surface area contributed by atoms with Crippen molar-refractivity contribution in [1.29, 1.82) is 0 Å². The second kappa shape index (κ2) is 5.79. The van der Waals surface area contributed by atoms with Crippen molar-refractivity contribution in [2.45, 2.75) is 12.8 Å². The molecule has 0 unspecified atom stereocenters. The zero-order chi connectivity index (χ0) is 9.52. The Morgan fingerprint density at radius 3 is 2.54 bits per heavy atom. The summed E-state index contributed by atoms with van der Waals surface area (Å²) in [6.45, 7) is 0.552. The number of halogens is 1. The van der Waals surface area contributed by atoms with Crippen molar-refractivity contribution < 1.29 is 0 Å². The molecule has 0 aliphatic heterocycles. The molecular formula is C11H14ClN. The van der Waals surface area contributed by atoms with E-state index in [9.17, 15) is 0 Å². The van der Waals surface area contributed by atoms with Crippen LogP contribution in [0, 0.1) is 0 Å². The molecule has 0 spiro atoms. The molecule has 0 amide bonds. The standard InChI is InChI=1S/C11H14ClN/c12-8-11(9-13)7-6-10-4-2-1-3-5-10/h1-5,8H,6-7,9,13H2/b11-8-. The van der Waals surface area contributed by atoms with Crippen LogP contribution in [0.15, 0.2) is 41.4 Å². The van der Waals surface area contributed by atoms with Crippen molar-refractivity contribution in [2.75, 3.05) is 6.54 Å². The first kappa shape index (κ1) is 10.3. The van der Waals surface area contributed by atoms with Crippen molar-refractivity contribution in [3.63, 3.8) is 0 Å². The average molecular weight is 196 g/mol. The molecule has 70 valence electrons. The average Bonchev–Trinajstić information content (AvgIpc) is 2.21. The summed E-state index contributed by atoms with van der Waals surface area (Å²) < 4.78 is 0. The summed E-state index contributed by atoms with van der Waals surface area (Å²) in [4.78, 5) is 0. The molecule has 1 nitrogen and oxygen atoms in total. The lowest BCUT2D eigenvalue weighted by Crippen LogP contribution is -2.03. The molecule has 2 heteroatoms. The zero-order valence-electron chi connectivity index (χ0n) is 7.54. The van der Waals surface area contributed by atoms with Gasteiger partial charge in [0.05, 0.1) is 0 Å². The number of rotatable bonds is 4. The van der Waals surface area contributed by atoms with Crippen LogP contribution in [0.2, 0.25) is 0 Å². The van der Waals surface area contributed by atoms with E-state index in [1.54, 1.807) is 5.54 Å². The number of nitrogens with two attached hydrogens (primary N) is 1. The van der Waals surface area contributed by atoms with Crippen molar-refractivity contribution in [3.8, 4) is 0 Å². The van der Waals surface area contributed by atoms with Crippen LogP contribution in [0.5, 0.6) is 0 Å². The fraction of sp³-hybridized carbons (Fsp3) is 0.273. The Balaban J connectivity index is 2.43. The molecule has 0 atom stereocenters.